The Morgan fingerprint density at radius 2 is 1.76 bits per heavy atom. The molecule has 38 heavy (non-hydrogen) atoms. The van der Waals surface area contributed by atoms with Crippen LogP contribution < -0.4 is 10.1 Å². The first-order valence-electron chi connectivity index (χ1n) is 12.4. The molecule has 4 rings (SSSR count). The van der Waals surface area contributed by atoms with E-state index in [2.05, 4.69) is 15.2 Å². The number of hydrogen-bond acceptors (Lipinski definition) is 8. The molecular weight excluding hydrogens is 513 g/mol. The molecule has 1 saturated heterocycles. The van der Waals surface area contributed by atoms with Gasteiger partial charge in [0.15, 0.2) is 5.13 Å². The van der Waals surface area contributed by atoms with Crippen molar-refractivity contribution in [3.05, 3.63) is 60.4 Å². The number of hydrogen-bond donors (Lipinski definition) is 4. The molecule has 1 aliphatic rings. The Kier molecular flexibility index (Phi) is 11.3. The third-order valence-electron chi connectivity index (χ3n) is 5.94. The van der Waals surface area contributed by atoms with Crippen LogP contribution in [-0.2, 0) is 9.59 Å². The van der Waals surface area contributed by atoms with Crippen LogP contribution in [0.3, 0.4) is 0 Å². The number of rotatable bonds is 11. The van der Waals surface area contributed by atoms with Crippen LogP contribution in [0, 0.1) is 11.7 Å². The topological polar surface area (TPSA) is 132 Å². The van der Waals surface area contributed by atoms with Crippen LogP contribution in [0.2, 0.25) is 0 Å². The molecule has 0 spiro atoms. The van der Waals surface area contributed by atoms with Gasteiger partial charge in [-0.05, 0) is 93.7 Å². The van der Waals surface area contributed by atoms with Gasteiger partial charge in [-0.1, -0.05) is 11.3 Å². The molecule has 1 aliphatic heterocycles. The van der Waals surface area contributed by atoms with E-state index in [4.69, 9.17) is 14.9 Å². The van der Waals surface area contributed by atoms with E-state index in [9.17, 15) is 19.1 Å². The zero-order valence-corrected chi connectivity index (χ0v) is 21.7. The maximum Gasteiger partial charge on any atom is 0.328 e. The Hall–Kier alpha value is -3.70. The van der Waals surface area contributed by atoms with Gasteiger partial charge in [0.2, 0.25) is 0 Å². The summed E-state index contributed by atoms with van der Waals surface area (Å²) in [6.07, 6.45) is 5.63. The molecule has 0 saturated carbocycles. The van der Waals surface area contributed by atoms with Crippen LogP contribution in [-0.4, -0.2) is 69.9 Å². The van der Waals surface area contributed by atoms with Crippen molar-refractivity contribution in [1.29, 1.82) is 0 Å². The first-order valence-corrected chi connectivity index (χ1v) is 13.2. The first kappa shape index (κ1) is 28.9. The van der Waals surface area contributed by atoms with Gasteiger partial charge in [0.1, 0.15) is 17.3 Å². The number of likely N-dealkylation sites (tertiary alicyclic amines) is 1. The van der Waals surface area contributed by atoms with E-state index in [-0.39, 0.29) is 11.6 Å². The Bertz CT molecular complexity index is 1190. The molecule has 0 amide bonds. The number of unbranched alkanes of at least 4 members (excludes halogenated alkanes) is 1. The van der Waals surface area contributed by atoms with Gasteiger partial charge in [-0.25, -0.2) is 19.0 Å². The number of aromatic hydroxyl groups is 1. The Morgan fingerprint density at radius 1 is 1.08 bits per heavy atom. The molecule has 204 valence electrons. The third kappa shape index (κ3) is 10.3. The summed E-state index contributed by atoms with van der Waals surface area (Å²) >= 11 is 1.59. The van der Waals surface area contributed by atoms with E-state index < -0.39 is 11.9 Å². The van der Waals surface area contributed by atoms with Crippen molar-refractivity contribution in [3.63, 3.8) is 0 Å². The molecule has 0 atom stereocenters. The smallest absolute Gasteiger partial charge is 0.328 e. The SMILES string of the molecule is O=C(O)C=CC(=O)O.Oc1ccc2nc(NCC3CCN(CCCCOc4ccc(F)cc4)CC3)sc2c1. The fourth-order valence-electron chi connectivity index (χ4n) is 3.94. The third-order valence-corrected chi connectivity index (χ3v) is 6.92. The summed E-state index contributed by atoms with van der Waals surface area (Å²) < 4.78 is 19.5. The first-order chi connectivity index (χ1) is 18.3. The van der Waals surface area contributed by atoms with Gasteiger partial charge in [-0.15, -0.1) is 0 Å². The van der Waals surface area contributed by atoms with E-state index >= 15 is 0 Å². The van der Waals surface area contributed by atoms with Gasteiger partial charge >= 0.3 is 11.9 Å². The number of fused-ring (bicyclic) bond motifs is 1. The van der Waals surface area contributed by atoms with Crippen molar-refractivity contribution < 1.29 is 34.0 Å². The molecule has 0 aliphatic carbocycles. The second kappa shape index (κ2) is 14.9. The minimum atomic E-state index is -1.26. The summed E-state index contributed by atoms with van der Waals surface area (Å²) in [4.78, 5) is 26.2. The summed E-state index contributed by atoms with van der Waals surface area (Å²) in [6.45, 7) is 5.00. The number of ether oxygens (including phenoxy) is 1. The van der Waals surface area contributed by atoms with Gasteiger partial charge in [0, 0.05) is 18.7 Å². The molecule has 1 aromatic heterocycles. The number of aliphatic carboxylic acids is 2. The van der Waals surface area contributed by atoms with Crippen molar-refractivity contribution in [2.75, 3.05) is 38.1 Å². The fourth-order valence-corrected chi connectivity index (χ4v) is 4.84. The number of anilines is 1. The summed E-state index contributed by atoms with van der Waals surface area (Å²) in [5.41, 5.74) is 0.929. The molecule has 3 aromatic rings. The summed E-state index contributed by atoms with van der Waals surface area (Å²) in [6, 6.07) is 11.5. The molecular formula is C27H32FN3O6S. The number of piperidine rings is 1. The number of benzene rings is 2. The number of phenols is 1. The minimum absolute atomic E-state index is 0.235. The molecule has 0 bridgehead atoms. The van der Waals surface area contributed by atoms with Crippen LogP contribution in [0.4, 0.5) is 9.52 Å². The lowest BCUT2D eigenvalue weighted by atomic mass is 9.97. The highest BCUT2D eigenvalue weighted by atomic mass is 32.1. The summed E-state index contributed by atoms with van der Waals surface area (Å²) in [5, 5.41) is 29.6. The van der Waals surface area contributed by atoms with E-state index in [1.54, 1.807) is 35.6 Å². The van der Waals surface area contributed by atoms with Crippen LogP contribution in [0.5, 0.6) is 11.5 Å². The number of phenolic OH excluding ortho intramolecular Hbond substituents is 1. The molecule has 0 radical (unpaired) electrons. The van der Waals surface area contributed by atoms with E-state index in [0.29, 0.717) is 24.7 Å². The molecule has 1 fully saturated rings. The monoisotopic (exact) mass is 545 g/mol. The Labute approximate surface area is 224 Å². The molecule has 4 N–H and O–H groups in total. The minimum Gasteiger partial charge on any atom is -0.508 e. The predicted octanol–water partition coefficient (Wildman–Crippen LogP) is 4.84. The maximum absolute atomic E-state index is 12.9. The van der Waals surface area contributed by atoms with Gasteiger partial charge in [-0.3, -0.25) is 0 Å². The van der Waals surface area contributed by atoms with Crippen molar-refractivity contribution in [1.82, 2.24) is 9.88 Å². The molecule has 9 nitrogen and oxygen atoms in total. The van der Waals surface area contributed by atoms with E-state index in [1.165, 1.54) is 25.0 Å². The van der Waals surface area contributed by atoms with Gasteiger partial charge in [-0.2, -0.15) is 0 Å². The summed E-state index contributed by atoms with van der Waals surface area (Å²) in [5.74, 6) is -1.06. The fraction of sp³-hybridized carbons (Fsp3) is 0.370. The number of carboxylic acid groups (broad SMARTS) is 2. The summed E-state index contributed by atoms with van der Waals surface area (Å²) in [7, 11) is 0. The highest BCUT2D eigenvalue weighted by Gasteiger charge is 2.19. The van der Waals surface area contributed by atoms with Crippen LogP contribution >= 0.6 is 11.3 Å². The molecule has 2 aromatic carbocycles. The largest absolute Gasteiger partial charge is 0.508 e. The predicted molar refractivity (Wildman–Crippen MR) is 144 cm³/mol. The molecule has 2 heterocycles. The van der Waals surface area contributed by atoms with Crippen molar-refractivity contribution >= 4 is 38.6 Å². The maximum atomic E-state index is 12.9. The zero-order valence-electron chi connectivity index (χ0n) is 20.9. The lowest BCUT2D eigenvalue weighted by molar-refractivity contribution is -0.134. The van der Waals surface area contributed by atoms with E-state index in [0.717, 1.165) is 60.1 Å². The highest BCUT2D eigenvalue weighted by Crippen LogP contribution is 2.29. The second-order valence-corrected chi connectivity index (χ2v) is 9.89. The number of thiazole rings is 1. The molecule has 0 unspecified atom stereocenters. The van der Waals surface area contributed by atoms with Gasteiger partial charge in [0.25, 0.3) is 0 Å². The van der Waals surface area contributed by atoms with Gasteiger partial charge in [0.05, 0.1) is 16.8 Å². The number of aromatic nitrogens is 1. The Morgan fingerprint density at radius 3 is 2.42 bits per heavy atom. The average molecular weight is 546 g/mol. The standard InChI is InChI=1S/C23H28FN3O2S.C4H4O4/c24-18-3-6-20(7-4-18)29-14-2-1-11-27-12-9-17(10-13-27)16-25-23-26-21-8-5-19(28)15-22(21)30-23;5-3(6)1-2-4(7)8/h3-8,15,17,28H,1-2,9-14,16H2,(H,25,26);1-2H,(H,5,6)(H,7,8). The lowest BCUT2D eigenvalue weighted by Crippen LogP contribution is -2.36. The average Bonchev–Trinajstić information content (AvgIpc) is 3.30. The quantitative estimate of drug-likeness (QED) is 0.197. The van der Waals surface area contributed by atoms with E-state index in [1.807, 2.05) is 6.07 Å². The number of nitrogens with zero attached hydrogens (tertiary/aromatic N) is 2. The van der Waals surface area contributed by atoms with Crippen LogP contribution in [0.15, 0.2) is 54.6 Å². The van der Waals surface area contributed by atoms with Crippen molar-refractivity contribution in [2.24, 2.45) is 5.92 Å². The lowest BCUT2D eigenvalue weighted by Gasteiger charge is -2.32. The van der Waals surface area contributed by atoms with Crippen molar-refractivity contribution in [3.8, 4) is 11.5 Å². The van der Waals surface area contributed by atoms with Crippen LogP contribution in [0.25, 0.3) is 10.2 Å². The number of nitrogens with one attached hydrogen (secondary N) is 1. The highest BCUT2D eigenvalue weighted by molar-refractivity contribution is 7.22. The molecule has 11 heteroatoms. The Balaban J connectivity index is 0.000000436. The normalized spacial score (nSPS) is 14.2. The van der Waals surface area contributed by atoms with Crippen LogP contribution in [0.1, 0.15) is 25.7 Å². The zero-order chi connectivity index (χ0) is 27.3. The second-order valence-electron chi connectivity index (χ2n) is 8.86. The number of halogens is 1. The number of carboxylic acids is 2. The van der Waals surface area contributed by atoms with Crippen molar-refractivity contribution in [2.45, 2.75) is 25.7 Å². The number of carbonyl (C=O) groups is 2. The van der Waals surface area contributed by atoms with Gasteiger partial charge < -0.3 is 30.3 Å².